The maximum atomic E-state index is 12.5. The first-order valence-corrected chi connectivity index (χ1v) is 6.73. The van der Waals surface area contributed by atoms with Gasteiger partial charge in [-0.3, -0.25) is 5.41 Å². The van der Waals surface area contributed by atoms with Crippen molar-refractivity contribution < 1.29 is 22.7 Å². The molecule has 0 atom stereocenters. The van der Waals surface area contributed by atoms with E-state index < -0.39 is 23.7 Å². The highest BCUT2D eigenvalue weighted by Gasteiger charge is 2.31. The lowest BCUT2D eigenvalue weighted by molar-refractivity contribution is -0.137. The number of urea groups is 1. The number of halogens is 4. The minimum atomic E-state index is -4.57. The zero-order valence-electron chi connectivity index (χ0n) is 12.2. The fourth-order valence-electron chi connectivity index (χ4n) is 1.38. The van der Waals surface area contributed by atoms with E-state index in [1.54, 1.807) is 6.92 Å². The van der Waals surface area contributed by atoms with E-state index in [9.17, 15) is 18.0 Å². The quantitative estimate of drug-likeness (QED) is 0.575. The molecule has 0 aliphatic carbocycles. The molecule has 6 nitrogen and oxygen atoms in total. The largest absolute Gasteiger partial charge is 0.420 e. The predicted molar refractivity (Wildman–Crippen MR) is 78.6 cm³/mol. The number of carbonyl (C=O) groups is 1. The number of allylic oxidation sites excluding steroid dienone is 1. The Balaban J connectivity index is 2.86. The summed E-state index contributed by atoms with van der Waals surface area (Å²) in [6.45, 7) is 1.73. The van der Waals surface area contributed by atoms with Gasteiger partial charge in [-0.15, -0.1) is 0 Å². The van der Waals surface area contributed by atoms with Gasteiger partial charge in [-0.2, -0.15) is 13.2 Å². The molecule has 0 aromatic carbocycles. The Morgan fingerprint density at radius 3 is 2.65 bits per heavy atom. The number of carbonyl (C=O) groups excluding carboxylic acids is 1. The van der Waals surface area contributed by atoms with Gasteiger partial charge >= 0.3 is 12.2 Å². The average Bonchev–Trinajstić information content (AvgIpc) is 2.47. The van der Waals surface area contributed by atoms with Gasteiger partial charge in [-0.1, -0.05) is 18.5 Å². The van der Waals surface area contributed by atoms with Crippen LogP contribution in [-0.2, 0) is 6.18 Å². The monoisotopic (exact) mass is 350 g/mol. The van der Waals surface area contributed by atoms with Gasteiger partial charge in [0.05, 0.1) is 5.56 Å². The second kappa shape index (κ2) is 7.82. The number of nitrogens with one attached hydrogen (secondary N) is 3. The van der Waals surface area contributed by atoms with Crippen molar-refractivity contribution in [2.45, 2.75) is 19.5 Å². The van der Waals surface area contributed by atoms with E-state index in [-0.39, 0.29) is 10.9 Å². The van der Waals surface area contributed by atoms with Crippen LogP contribution in [0.25, 0.3) is 0 Å². The molecular weight excluding hydrogens is 337 g/mol. The molecular formula is C13H14ClF3N4O2. The second-order valence-corrected chi connectivity index (χ2v) is 4.61. The highest BCUT2D eigenvalue weighted by atomic mass is 35.5. The van der Waals surface area contributed by atoms with Crippen LogP contribution in [0.1, 0.15) is 18.9 Å². The van der Waals surface area contributed by atoms with Crippen LogP contribution in [0, 0.1) is 5.41 Å². The van der Waals surface area contributed by atoms with Crippen molar-refractivity contribution in [1.29, 1.82) is 5.41 Å². The predicted octanol–water partition coefficient (Wildman–Crippen LogP) is 3.33. The Morgan fingerprint density at radius 1 is 1.52 bits per heavy atom. The van der Waals surface area contributed by atoms with E-state index in [0.717, 1.165) is 0 Å². The molecule has 1 heterocycles. The molecule has 0 saturated heterocycles. The van der Waals surface area contributed by atoms with Crippen LogP contribution in [-0.4, -0.2) is 24.0 Å². The molecule has 0 saturated carbocycles. The first-order valence-electron chi connectivity index (χ1n) is 6.35. The average molecular weight is 351 g/mol. The summed E-state index contributed by atoms with van der Waals surface area (Å²) in [5.41, 5.74) is -0.648. The maximum absolute atomic E-state index is 12.5. The van der Waals surface area contributed by atoms with E-state index >= 15 is 0 Å². The lowest BCUT2D eigenvalue weighted by Crippen LogP contribution is -2.32. The zero-order valence-corrected chi connectivity index (χ0v) is 13.0. The van der Waals surface area contributed by atoms with Crippen LogP contribution in [0.5, 0.6) is 5.88 Å². The molecule has 0 spiro atoms. The molecule has 0 bridgehead atoms. The summed E-state index contributed by atoms with van der Waals surface area (Å²) < 4.78 is 42.5. The van der Waals surface area contributed by atoms with E-state index in [4.69, 9.17) is 21.7 Å². The van der Waals surface area contributed by atoms with Gasteiger partial charge < -0.3 is 15.4 Å². The summed E-state index contributed by atoms with van der Waals surface area (Å²) >= 11 is 5.67. The van der Waals surface area contributed by atoms with Gasteiger partial charge in [0.25, 0.3) is 0 Å². The van der Waals surface area contributed by atoms with Gasteiger partial charge in [0.15, 0.2) is 0 Å². The number of hydrogen-bond donors (Lipinski definition) is 3. The van der Waals surface area contributed by atoms with E-state index in [0.29, 0.717) is 24.4 Å². The number of amides is 2. The minimum Gasteiger partial charge on any atom is -0.420 e. The molecule has 3 N–H and O–H groups in total. The summed E-state index contributed by atoms with van der Waals surface area (Å²) in [6.07, 6.45) is -2.42. The van der Waals surface area contributed by atoms with Gasteiger partial charge in [0, 0.05) is 25.0 Å². The van der Waals surface area contributed by atoms with Gasteiger partial charge in [-0.05, 0) is 12.5 Å². The molecule has 0 aliphatic rings. The van der Waals surface area contributed by atoms with Crippen LogP contribution >= 0.6 is 11.6 Å². The highest BCUT2D eigenvalue weighted by Crippen LogP contribution is 2.33. The van der Waals surface area contributed by atoms with Gasteiger partial charge in [0.2, 0.25) is 11.8 Å². The Bertz CT molecular complexity index is 632. The number of aromatic nitrogens is 1. The van der Waals surface area contributed by atoms with Crippen molar-refractivity contribution in [2.24, 2.45) is 0 Å². The Morgan fingerprint density at radius 2 is 2.17 bits per heavy atom. The lowest BCUT2D eigenvalue weighted by Gasteiger charge is -2.10. The van der Waals surface area contributed by atoms with Gasteiger partial charge in [0.1, 0.15) is 5.02 Å². The molecule has 1 aromatic heterocycles. The van der Waals surface area contributed by atoms with E-state index in [1.807, 2.05) is 0 Å². The van der Waals surface area contributed by atoms with Crippen LogP contribution in [0.2, 0.25) is 5.02 Å². The first kappa shape index (κ1) is 18.8. The number of nitrogens with zero attached hydrogens (tertiary/aromatic N) is 1. The minimum absolute atomic E-state index is 0.337. The number of pyridine rings is 1. The topological polar surface area (TPSA) is 87.1 Å². The molecule has 126 valence electrons. The number of ether oxygens (including phenoxy) is 1. The lowest BCUT2D eigenvalue weighted by atomic mass is 10.3. The van der Waals surface area contributed by atoms with Crippen LogP contribution in [0.4, 0.5) is 18.0 Å². The third-order valence-electron chi connectivity index (χ3n) is 2.53. The molecule has 2 amide bonds. The first-order chi connectivity index (χ1) is 10.7. The Labute approximate surface area is 135 Å². The summed E-state index contributed by atoms with van der Waals surface area (Å²) in [5.74, 6) is -0.774. The summed E-state index contributed by atoms with van der Waals surface area (Å²) in [7, 11) is 1.43. The van der Waals surface area contributed by atoms with E-state index in [1.165, 1.54) is 13.1 Å². The fourth-order valence-corrected chi connectivity index (χ4v) is 1.59. The molecule has 0 fully saturated rings. The molecule has 1 rings (SSSR count). The normalized spacial score (nSPS) is 11.8. The van der Waals surface area contributed by atoms with Crippen LogP contribution in [0.15, 0.2) is 24.0 Å². The summed E-state index contributed by atoms with van der Waals surface area (Å²) in [6, 6.07) is 0.182. The smallest absolute Gasteiger partial charge is 0.417 e. The molecule has 0 unspecified atom stereocenters. The maximum Gasteiger partial charge on any atom is 0.417 e. The number of rotatable bonds is 4. The molecule has 1 aromatic rings. The standard InChI is InChI=1S/C13H14ClF3N4O2/c1-3-8(21-12(22)19-2)5-10(18)23-11-9(14)4-7(6-20-11)13(15,16)17/h4-6,18H,3H2,1-2H3,(H2,19,21,22)/b8-5-,18-10?. The highest BCUT2D eigenvalue weighted by molar-refractivity contribution is 6.32. The van der Waals surface area contributed by atoms with Crippen molar-refractivity contribution in [3.63, 3.8) is 0 Å². The second-order valence-electron chi connectivity index (χ2n) is 4.20. The van der Waals surface area contributed by atoms with Crippen LogP contribution in [0.3, 0.4) is 0 Å². The number of hydrogen-bond acceptors (Lipinski definition) is 4. The summed E-state index contributed by atoms with van der Waals surface area (Å²) in [5, 5.41) is 12.1. The SMILES string of the molecule is CC/C(=C/C(=N)Oc1ncc(C(F)(F)F)cc1Cl)NC(=O)NC. The van der Waals surface area contributed by atoms with Crippen molar-refractivity contribution in [3.05, 3.63) is 34.6 Å². The molecule has 0 radical (unpaired) electrons. The zero-order chi connectivity index (χ0) is 17.6. The third kappa shape index (κ3) is 5.78. The number of alkyl halides is 3. The van der Waals surface area contributed by atoms with Crippen LogP contribution < -0.4 is 15.4 Å². The van der Waals surface area contributed by atoms with Crippen molar-refractivity contribution in [3.8, 4) is 5.88 Å². The van der Waals surface area contributed by atoms with Crippen molar-refractivity contribution in [2.75, 3.05) is 7.05 Å². The van der Waals surface area contributed by atoms with E-state index in [2.05, 4.69) is 15.6 Å². The summed E-state index contributed by atoms with van der Waals surface area (Å²) in [4.78, 5) is 14.6. The van der Waals surface area contributed by atoms with Gasteiger partial charge in [-0.25, -0.2) is 9.78 Å². The molecule has 10 heteroatoms. The van der Waals surface area contributed by atoms with Crippen molar-refractivity contribution in [1.82, 2.24) is 15.6 Å². The Hall–Kier alpha value is -2.29. The molecule has 0 aliphatic heterocycles. The van der Waals surface area contributed by atoms with Crippen molar-refractivity contribution >= 4 is 23.5 Å². The fraction of sp³-hybridized carbons (Fsp3) is 0.308. The molecule has 23 heavy (non-hydrogen) atoms. The Kier molecular flexibility index (Phi) is 6.38. The third-order valence-corrected chi connectivity index (χ3v) is 2.80.